The molecular weight excluding hydrogens is 804 g/mol. The van der Waals surface area contributed by atoms with Gasteiger partial charge >= 0.3 is 11.9 Å². The fraction of sp³-hybridized carbons (Fsp3) is 0.0667. The largest absolute Gasteiger partial charge is 0.481 e. The number of hydrazone groups is 1. The zero-order valence-electron chi connectivity index (χ0n) is 21.7. The van der Waals surface area contributed by atoms with E-state index in [1.807, 2.05) is 19.1 Å². The van der Waals surface area contributed by atoms with E-state index in [4.69, 9.17) is 14.2 Å². The van der Waals surface area contributed by atoms with Gasteiger partial charge in [-0.25, -0.2) is 15.0 Å². The second kappa shape index (κ2) is 14.7. The van der Waals surface area contributed by atoms with E-state index in [0.29, 0.717) is 31.4 Å². The monoisotopic (exact) mass is 820 g/mol. The standard InChI is InChI=1S/C30H20Br4N2O6/c1-17-12-23(33)28(24(34)13-17)40-16-27(37)36-35-15-18-2-11-25(41-29(38)19-3-7-21(31)8-4-19)26(14-18)42-30(39)20-5-9-22(32)10-6-20/h2-15H,16H2,1H3,(H,36,37). The number of nitrogens with zero attached hydrogens (tertiary/aromatic N) is 1. The van der Waals surface area contributed by atoms with Crippen molar-refractivity contribution in [3.8, 4) is 17.2 Å². The number of benzene rings is 4. The van der Waals surface area contributed by atoms with E-state index in [1.165, 1.54) is 18.3 Å². The molecule has 0 unspecified atom stereocenters. The summed E-state index contributed by atoms with van der Waals surface area (Å²) < 4.78 is 19.8. The molecule has 0 fully saturated rings. The summed E-state index contributed by atoms with van der Waals surface area (Å²) in [6, 6.07) is 21.5. The summed E-state index contributed by atoms with van der Waals surface area (Å²) in [5, 5.41) is 3.96. The molecule has 4 aromatic rings. The van der Waals surface area contributed by atoms with Crippen molar-refractivity contribution in [3.05, 3.63) is 119 Å². The van der Waals surface area contributed by atoms with Gasteiger partial charge in [-0.3, -0.25) is 4.79 Å². The molecule has 0 heterocycles. The van der Waals surface area contributed by atoms with Gasteiger partial charge in [0.2, 0.25) is 0 Å². The van der Waals surface area contributed by atoms with E-state index in [1.54, 1.807) is 54.6 Å². The maximum atomic E-state index is 12.8. The van der Waals surface area contributed by atoms with Gasteiger partial charge in [0.1, 0.15) is 5.75 Å². The normalized spacial score (nSPS) is 10.8. The van der Waals surface area contributed by atoms with Crippen LogP contribution in [0.3, 0.4) is 0 Å². The Morgan fingerprint density at radius 2 is 1.26 bits per heavy atom. The predicted octanol–water partition coefficient (Wildman–Crippen LogP) is 8.01. The van der Waals surface area contributed by atoms with Crippen molar-refractivity contribution >= 4 is 87.8 Å². The molecule has 0 bridgehead atoms. The Bertz CT molecular complexity index is 1630. The first-order valence-electron chi connectivity index (χ1n) is 12.1. The Hall–Kier alpha value is -3.32. The Kier molecular flexibility index (Phi) is 11.1. The van der Waals surface area contributed by atoms with Crippen LogP contribution in [0.2, 0.25) is 0 Å². The molecule has 4 aromatic carbocycles. The summed E-state index contributed by atoms with van der Waals surface area (Å²) in [5.41, 5.74) is 4.47. The Morgan fingerprint density at radius 3 is 1.81 bits per heavy atom. The topological polar surface area (TPSA) is 103 Å². The second-order valence-electron chi connectivity index (χ2n) is 8.64. The molecule has 0 saturated heterocycles. The predicted molar refractivity (Wildman–Crippen MR) is 172 cm³/mol. The molecule has 8 nitrogen and oxygen atoms in total. The average Bonchev–Trinajstić information content (AvgIpc) is 2.94. The quantitative estimate of drug-likeness (QED) is 0.0795. The van der Waals surface area contributed by atoms with Gasteiger partial charge < -0.3 is 14.2 Å². The SMILES string of the molecule is Cc1cc(Br)c(OCC(=O)NN=Cc2ccc(OC(=O)c3ccc(Br)cc3)c(OC(=O)c3ccc(Br)cc3)c2)c(Br)c1. The summed E-state index contributed by atoms with van der Waals surface area (Å²) in [7, 11) is 0. The van der Waals surface area contributed by atoms with Crippen LogP contribution in [0.4, 0.5) is 0 Å². The second-order valence-corrected chi connectivity index (χ2v) is 12.2. The van der Waals surface area contributed by atoms with Gasteiger partial charge in [0.05, 0.1) is 26.3 Å². The number of rotatable bonds is 9. The van der Waals surface area contributed by atoms with Crippen LogP contribution in [0.1, 0.15) is 31.8 Å². The van der Waals surface area contributed by atoms with Crippen molar-refractivity contribution in [2.75, 3.05) is 6.61 Å². The summed E-state index contributed by atoms with van der Waals surface area (Å²) >= 11 is 13.5. The lowest BCUT2D eigenvalue weighted by Crippen LogP contribution is -2.24. The van der Waals surface area contributed by atoms with Crippen LogP contribution >= 0.6 is 63.7 Å². The van der Waals surface area contributed by atoms with Gasteiger partial charge in [0, 0.05) is 8.95 Å². The third-order valence-corrected chi connectivity index (χ3v) is 7.66. The molecule has 1 amide bonds. The van der Waals surface area contributed by atoms with Gasteiger partial charge in [0.15, 0.2) is 18.1 Å². The summed E-state index contributed by atoms with van der Waals surface area (Å²) in [6.45, 7) is 1.66. The van der Waals surface area contributed by atoms with Crippen LogP contribution in [-0.2, 0) is 4.79 Å². The maximum absolute atomic E-state index is 12.8. The van der Waals surface area contributed by atoms with Crippen LogP contribution < -0.4 is 19.6 Å². The number of carbonyl (C=O) groups is 3. The first kappa shape index (κ1) is 31.6. The molecule has 0 aliphatic heterocycles. The van der Waals surface area contributed by atoms with Crippen LogP contribution in [0.5, 0.6) is 17.2 Å². The van der Waals surface area contributed by atoms with Gasteiger partial charge in [-0.1, -0.05) is 31.9 Å². The van der Waals surface area contributed by atoms with E-state index >= 15 is 0 Å². The number of hydrogen-bond donors (Lipinski definition) is 1. The molecule has 214 valence electrons. The number of nitrogens with one attached hydrogen (secondary N) is 1. The third-order valence-electron chi connectivity index (χ3n) is 5.43. The molecule has 12 heteroatoms. The fourth-order valence-corrected chi connectivity index (χ4v) is 5.60. The maximum Gasteiger partial charge on any atom is 0.343 e. The minimum Gasteiger partial charge on any atom is -0.481 e. The Labute approximate surface area is 275 Å². The minimum absolute atomic E-state index is 0.0129. The van der Waals surface area contributed by atoms with Crippen molar-refractivity contribution in [2.24, 2.45) is 5.10 Å². The van der Waals surface area contributed by atoms with E-state index < -0.39 is 17.8 Å². The van der Waals surface area contributed by atoms with Crippen LogP contribution in [0.25, 0.3) is 0 Å². The highest BCUT2D eigenvalue weighted by Gasteiger charge is 2.17. The molecule has 0 aromatic heterocycles. The lowest BCUT2D eigenvalue weighted by Gasteiger charge is -2.12. The fourth-order valence-electron chi connectivity index (χ4n) is 3.43. The van der Waals surface area contributed by atoms with E-state index in [9.17, 15) is 14.4 Å². The number of ether oxygens (including phenoxy) is 3. The Morgan fingerprint density at radius 1 is 0.738 bits per heavy atom. The van der Waals surface area contributed by atoms with E-state index in [2.05, 4.69) is 74.2 Å². The van der Waals surface area contributed by atoms with Crippen LogP contribution in [0, 0.1) is 6.92 Å². The van der Waals surface area contributed by atoms with Gasteiger partial charge in [-0.2, -0.15) is 5.10 Å². The van der Waals surface area contributed by atoms with Gasteiger partial charge in [-0.05, 0) is 129 Å². The zero-order chi connectivity index (χ0) is 30.2. The molecule has 42 heavy (non-hydrogen) atoms. The number of halogens is 4. The van der Waals surface area contributed by atoms with E-state index in [0.717, 1.165) is 14.5 Å². The Balaban J connectivity index is 1.48. The van der Waals surface area contributed by atoms with Crippen molar-refractivity contribution in [2.45, 2.75) is 6.92 Å². The number of carbonyl (C=O) groups excluding carboxylic acids is 3. The van der Waals surface area contributed by atoms with E-state index in [-0.39, 0.29) is 18.1 Å². The van der Waals surface area contributed by atoms with Crippen molar-refractivity contribution < 1.29 is 28.6 Å². The first-order valence-corrected chi connectivity index (χ1v) is 15.3. The molecule has 0 aliphatic rings. The number of aryl methyl sites for hydroxylation is 1. The molecule has 0 saturated carbocycles. The lowest BCUT2D eigenvalue weighted by atomic mass is 10.2. The number of hydrogen-bond acceptors (Lipinski definition) is 7. The third kappa shape index (κ3) is 8.84. The average molecular weight is 824 g/mol. The summed E-state index contributed by atoms with van der Waals surface area (Å²) in [4.78, 5) is 37.9. The van der Waals surface area contributed by atoms with Crippen molar-refractivity contribution in [3.63, 3.8) is 0 Å². The molecule has 0 radical (unpaired) electrons. The minimum atomic E-state index is -0.656. The first-order chi connectivity index (χ1) is 20.1. The highest BCUT2D eigenvalue weighted by atomic mass is 79.9. The van der Waals surface area contributed by atoms with Crippen LogP contribution in [0.15, 0.2) is 102 Å². The lowest BCUT2D eigenvalue weighted by molar-refractivity contribution is -0.123. The smallest absolute Gasteiger partial charge is 0.343 e. The zero-order valence-corrected chi connectivity index (χ0v) is 28.0. The molecule has 0 atom stereocenters. The molecule has 4 rings (SSSR count). The van der Waals surface area contributed by atoms with Gasteiger partial charge in [-0.15, -0.1) is 0 Å². The molecular formula is C30H20Br4N2O6. The molecule has 0 spiro atoms. The number of amides is 1. The molecule has 0 aliphatic carbocycles. The summed E-state index contributed by atoms with van der Waals surface area (Å²) in [6.07, 6.45) is 1.35. The number of esters is 2. The highest BCUT2D eigenvalue weighted by molar-refractivity contribution is 9.11. The van der Waals surface area contributed by atoms with Crippen molar-refractivity contribution in [1.29, 1.82) is 0 Å². The molecule has 1 N–H and O–H groups in total. The van der Waals surface area contributed by atoms with Crippen LogP contribution in [-0.4, -0.2) is 30.7 Å². The highest BCUT2D eigenvalue weighted by Crippen LogP contribution is 2.34. The van der Waals surface area contributed by atoms with Gasteiger partial charge in [0.25, 0.3) is 5.91 Å². The van der Waals surface area contributed by atoms with Crippen molar-refractivity contribution in [1.82, 2.24) is 5.43 Å². The summed E-state index contributed by atoms with van der Waals surface area (Å²) in [5.74, 6) is -1.28.